The smallest absolute Gasteiger partial charge is 0.107 e. The van der Waals surface area contributed by atoms with Crippen LogP contribution in [0.5, 0.6) is 0 Å². The lowest BCUT2D eigenvalue weighted by molar-refractivity contribution is 0.0294. The summed E-state index contributed by atoms with van der Waals surface area (Å²) < 4.78 is 5.91. The van der Waals surface area contributed by atoms with Crippen LogP contribution in [0, 0.1) is 0 Å². The Morgan fingerprint density at radius 2 is 2.06 bits per heavy atom. The van der Waals surface area contributed by atoms with Gasteiger partial charge in [0, 0.05) is 11.9 Å². The maximum absolute atomic E-state index is 5.91. The van der Waals surface area contributed by atoms with Gasteiger partial charge in [0.15, 0.2) is 0 Å². The number of thiazole rings is 1. The second-order valence-corrected chi connectivity index (χ2v) is 5.30. The number of aromatic nitrogens is 1. The molecule has 16 heavy (non-hydrogen) atoms. The summed E-state index contributed by atoms with van der Waals surface area (Å²) in [5.41, 5.74) is 6.57. The molecule has 1 aromatic rings. The van der Waals surface area contributed by atoms with Gasteiger partial charge in [-0.05, 0) is 12.8 Å². The van der Waals surface area contributed by atoms with E-state index in [-0.39, 0.29) is 0 Å². The minimum atomic E-state index is 0.450. The van der Waals surface area contributed by atoms with Crippen LogP contribution in [0.4, 0.5) is 0 Å². The first-order valence-corrected chi connectivity index (χ1v) is 7.01. The highest BCUT2D eigenvalue weighted by Gasteiger charge is 2.13. The standard InChI is InChI=1S/C12H20N2OS/c13-7-12-14-10(9-16-12)8-15-11-5-3-1-2-4-6-11/h9,11H,1-8,13H2. The summed E-state index contributed by atoms with van der Waals surface area (Å²) in [4.78, 5) is 4.41. The van der Waals surface area contributed by atoms with Gasteiger partial charge >= 0.3 is 0 Å². The quantitative estimate of drug-likeness (QED) is 0.823. The van der Waals surface area contributed by atoms with Crippen LogP contribution in [-0.4, -0.2) is 11.1 Å². The first-order chi connectivity index (χ1) is 7.88. The molecule has 0 aliphatic heterocycles. The van der Waals surface area contributed by atoms with Crippen molar-refractivity contribution in [2.75, 3.05) is 0 Å². The highest BCUT2D eigenvalue weighted by atomic mass is 32.1. The molecule has 2 rings (SSSR count). The molecule has 3 nitrogen and oxygen atoms in total. The minimum Gasteiger partial charge on any atom is -0.372 e. The topological polar surface area (TPSA) is 48.1 Å². The van der Waals surface area contributed by atoms with E-state index in [1.54, 1.807) is 11.3 Å². The second-order valence-electron chi connectivity index (χ2n) is 4.36. The van der Waals surface area contributed by atoms with Crippen molar-refractivity contribution in [2.24, 2.45) is 5.73 Å². The molecule has 0 amide bonds. The number of hydrogen-bond acceptors (Lipinski definition) is 4. The Kier molecular flexibility index (Phi) is 4.75. The first kappa shape index (κ1) is 12.0. The van der Waals surface area contributed by atoms with Crippen molar-refractivity contribution in [3.8, 4) is 0 Å². The monoisotopic (exact) mass is 240 g/mol. The van der Waals surface area contributed by atoms with E-state index in [0.29, 0.717) is 19.3 Å². The van der Waals surface area contributed by atoms with Gasteiger partial charge in [-0.25, -0.2) is 4.98 Å². The Morgan fingerprint density at radius 1 is 1.31 bits per heavy atom. The zero-order chi connectivity index (χ0) is 11.2. The summed E-state index contributed by atoms with van der Waals surface area (Å²) in [6.45, 7) is 1.19. The van der Waals surface area contributed by atoms with Gasteiger partial charge in [-0.15, -0.1) is 11.3 Å². The molecule has 0 saturated heterocycles. The molecule has 1 heterocycles. The number of nitrogens with two attached hydrogens (primary N) is 1. The Bertz CT molecular complexity index is 306. The van der Waals surface area contributed by atoms with Crippen molar-refractivity contribution >= 4 is 11.3 Å². The number of ether oxygens (including phenoxy) is 1. The zero-order valence-electron chi connectivity index (χ0n) is 9.65. The van der Waals surface area contributed by atoms with E-state index in [1.807, 2.05) is 0 Å². The second kappa shape index (κ2) is 6.33. The molecular formula is C12H20N2OS. The van der Waals surface area contributed by atoms with Gasteiger partial charge in [-0.3, -0.25) is 0 Å². The molecule has 90 valence electrons. The van der Waals surface area contributed by atoms with Crippen molar-refractivity contribution in [2.45, 2.75) is 57.8 Å². The largest absolute Gasteiger partial charge is 0.372 e. The van der Waals surface area contributed by atoms with E-state index >= 15 is 0 Å². The molecule has 0 atom stereocenters. The van der Waals surface area contributed by atoms with Gasteiger partial charge in [0.05, 0.1) is 18.4 Å². The molecule has 2 N–H and O–H groups in total. The predicted molar refractivity (Wildman–Crippen MR) is 66.3 cm³/mol. The maximum atomic E-state index is 5.91. The van der Waals surface area contributed by atoms with Crippen LogP contribution in [0.2, 0.25) is 0 Å². The van der Waals surface area contributed by atoms with E-state index in [0.717, 1.165) is 10.7 Å². The van der Waals surface area contributed by atoms with E-state index in [1.165, 1.54) is 38.5 Å². The van der Waals surface area contributed by atoms with Crippen LogP contribution in [0.1, 0.15) is 49.2 Å². The van der Waals surface area contributed by atoms with Crippen LogP contribution in [-0.2, 0) is 17.9 Å². The van der Waals surface area contributed by atoms with Gasteiger partial charge < -0.3 is 10.5 Å². The Hall–Kier alpha value is -0.450. The molecule has 0 spiro atoms. The van der Waals surface area contributed by atoms with Crippen molar-refractivity contribution in [1.82, 2.24) is 4.98 Å². The highest BCUT2D eigenvalue weighted by Crippen LogP contribution is 2.21. The third kappa shape index (κ3) is 3.54. The van der Waals surface area contributed by atoms with E-state index in [2.05, 4.69) is 10.4 Å². The van der Waals surface area contributed by atoms with Gasteiger partial charge in [0.25, 0.3) is 0 Å². The van der Waals surface area contributed by atoms with Gasteiger partial charge in [0.1, 0.15) is 5.01 Å². The Balaban J connectivity index is 1.77. The predicted octanol–water partition coefficient (Wildman–Crippen LogP) is 2.84. The summed E-state index contributed by atoms with van der Waals surface area (Å²) in [6, 6.07) is 0. The van der Waals surface area contributed by atoms with Crippen molar-refractivity contribution < 1.29 is 4.74 Å². The lowest BCUT2D eigenvalue weighted by Gasteiger charge is -2.14. The maximum Gasteiger partial charge on any atom is 0.107 e. The Morgan fingerprint density at radius 3 is 2.69 bits per heavy atom. The molecular weight excluding hydrogens is 220 g/mol. The summed E-state index contributed by atoms with van der Waals surface area (Å²) in [5.74, 6) is 0. The fraction of sp³-hybridized carbons (Fsp3) is 0.750. The summed E-state index contributed by atoms with van der Waals surface area (Å²) in [6.07, 6.45) is 8.25. The molecule has 4 heteroatoms. The van der Waals surface area contributed by atoms with E-state index in [4.69, 9.17) is 10.5 Å². The van der Waals surface area contributed by atoms with Crippen LogP contribution in [0.25, 0.3) is 0 Å². The van der Waals surface area contributed by atoms with Crippen LogP contribution in [0.3, 0.4) is 0 Å². The van der Waals surface area contributed by atoms with Crippen molar-refractivity contribution in [3.05, 3.63) is 16.1 Å². The minimum absolute atomic E-state index is 0.450. The third-order valence-electron chi connectivity index (χ3n) is 3.04. The Labute approximate surface area is 101 Å². The van der Waals surface area contributed by atoms with Crippen molar-refractivity contribution in [1.29, 1.82) is 0 Å². The van der Waals surface area contributed by atoms with Crippen LogP contribution >= 0.6 is 11.3 Å². The number of hydrogen-bond donors (Lipinski definition) is 1. The normalized spacial score (nSPS) is 18.6. The fourth-order valence-electron chi connectivity index (χ4n) is 2.12. The van der Waals surface area contributed by atoms with Crippen molar-refractivity contribution in [3.63, 3.8) is 0 Å². The fourth-order valence-corrected chi connectivity index (χ4v) is 2.78. The molecule has 1 aromatic heterocycles. The summed E-state index contributed by atoms with van der Waals surface area (Å²) >= 11 is 1.62. The molecule has 1 fully saturated rings. The van der Waals surface area contributed by atoms with E-state index in [9.17, 15) is 0 Å². The molecule has 1 saturated carbocycles. The van der Waals surface area contributed by atoms with Crippen LogP contribution < -0.4 is 5.73 Å². The third-order valence-corrected chi connectivity index (χ3v) is 3.96. The lowest BCUT2D eigenvalue weighted by Crippen LogP contribution is -2.11. The molecule has 0 bridgehead atoms. The van der Waals surface area contributed by atoms with E-state index < -0.39 is 0 Å². The molecule has 0 aromatic carbocycles. The SMILES string of the molecule is NCc1nc(COC2CCCCCC2)cs1. The van der Waals surface area contributed by atoms with Gasteiger partial charge in [-0.1, -0.05) is 25.7 Å². The van der Waals surface area contributed by atoms with Crippen LogP contribution in [0.15, 0.2) is 5.38 Å². The number of nitrogens with zero attached hydrogens (tertiary/aromatic N) is 1. The lowest BCUT2D eigenvalue weighted by atomic mass is 10.1. The molecule has 1 aliphatic rings. The molecule has 1 aliphatic carbocycles. The molecule has 0 unspecified atom stereocenters. The summed E-state index contributed by atoms with van der Waals surface area (Å²) in [7, 11) is 0. The average Bonchev–Trinajstić information content (AvgIpc) is 2.61. The zero-order valence-corrected chi connectivity index (χ0v) is 10.5. The first-order valence-electron chi connectivity index (χ1n) is 6.13. The highest BCUT2D eigenvalue weighted by molar-refractivity contribution is 7.09. The van der Waals surface area contributed by atoms with Gasteiger partial charge in [-0.2, -0.15) is 0 Å². The average molecular weight is 240 g/mol. The van der Waals surface area contributed by atoms with Gasteiger partial charge in [0.2, 0.25) is 0 Å². The summed E-state index contributed by atoms with van der Waals surface area (Å²) in [5, 5.41) is 3.05. The molecule has 0 radical (unpaired) electrons. The number of rotatable bonds is 4.